The molecule has 1 N–H and O–H groups in total. The van der Waals surface area contributed by atoms with Crippen LogP contribution in [-0.4, -0.2) is 33.9 Å². The predicted octanol–water partition coefficient (Wildman–Crippen LogP) is 4.92. The Hall–Kier alpha value is -3.07. The van der Waals surface area contributed by atoms with E-state index in [0.29, 0.717) is 11.3 Å². The number of ether oxygens (including phenoxy) is 1. The van der Waals surface area contributed by atoms with E-state index in [1.54, 1.807) is 18.2 Å². The van der Waals surface area contributed by atoms with Crippen molar-refractivity contribution in [1.29, 1.82) is 0 Å². The summed E-state index contributed by atoms with van der Waals surface area (Å²) in [4.78, 5) is 24.4. The Kier molecular flexibility index (Phi) is 7.63. The molecule has 0 atom stereocenters. The fourth-order valence-electron chi connectivity index (χ4n) is 2.96. The SMILES string of the molecule is COC(=O)c1ccc(NC(=O)CN(c2cccc(Cl)c2Cl)S(=O)(=O)c2ccc(C)cc2)cc1. The van der Waals surface area contributed by atoms with Gasteiger partial charge in [0.25, 0.3) is 10.0 Å². The van der Waals surface area contributed by atoms with E-state index in [0.717, 1.165) is 9.87 Å². The third-order valence-electron chi connectivity index (χ3n) is 4.69. The van der Waals surface area contributed by atoms with E-state index in [-0.39, 0.29) is 20.6 Å². The van der Waals surface area contributed by atoms with Crippen molar-refractivity contribution in [3.63, 3.8) is 0 Å². The zero-order chi connectivity index (χ0) is 24.2. The Labute approximate surface area is 201 Å². The van der Waals surface area contributed by atoms with Crippen LogP contribution >= 0.6 is 23.2 Å². The molecule has 172 valence electrons. The van der Waals surface area contributed by atoms with Crippen LogP contribution in [0.1, 0.15) is 15.9 Å². The van der Waals surface area contributed by atoms with Gasteiger partial charge in [0, 0.05) is 5.69 Å². The third kappa shape index (κ3) is 5.65. The molecule has 0 spiro atoms. The molecule has 0 unspecified atom stereocenters. The number of amides is 1. The minimum absolute atomic E-state index is 0.000580. The maximum absolute atomic E-state index is 13.4. The molecule has 3 rings (SSSR count). The quantitative estimate of drug-likeness (QED) is 0.459. The molecule has 33 heavy (non-hydrogen) atoms. The second-order valence-corrected chi connectivity index (χ2v) is 9.66. The summed E-state index contributed by atoms with van der Waals surface area (Å²) in [5.41, 5.74) is 1.64. The molecule has 0 aliphatic carbocycles. The molecule has 1 amide bonds. The summed E-state index contributed by atoms with van der Waals surface area (Å²) < 4.78 is 32.4. The molecule has 0 saturated heterocycles. The molecule has 7 nitrogen and oxygen atoms in total. The average Bonchev–Trinajstić information content (AvgIpc) is 2.79. The Balaban J connectivity index is 1.93. The zero-order valence-electron chi connectivity index (χ0n) is 17.7. The first kappa shape index (κ1) is 24.6. The van der Waals surface area contributed by atoms with Gasteiger partial charge in [-0.25, -0.2) is 13.2 Å². The number of nitrogens with zero attached hydrogens (tertiary/aromatic N) is 1. The van der Waals surface area contributed by atoms with Gasteiger partial charge in [-0.05, 0) is 55.5 Å². The number of aryl methyl sites for hydroxylation is 1. The number of esters is 1. The summed E-state index contributed by atoms with van der Waals surface area (Å²) in [7, 11) is -2.88. The summed E-state index contributed by atoms with van der Waals surface area (Å²) >= 11 is 12.4. The molecule has 0 aliphatic rings. The zero-order valence-corrected chi connectivity index (χ0v) is 20.0. The number of nitrogens with one attached hydrogen (secondary N) is 1. The van der Waals surface area contributed by atoms with Crippen LogP contribution in [0.15, 0.2) is 71.6 Å². The number of rotatable bonds is 7. The number of carbonyl (C=O) groups excluding carboxylic acids is 2. The van der Waals surface area contributed by atoms with Crippen molar-refractivity contribution in [2.24, 2.45) is 0 Å². The molecule has 0 bridgehead atoms. The first-order valence-electron chi connectivity index (χ1n) is 9.65. The highest BCUT2D eigenvalue weighted by Crippen LogP contribution is 2.35. The Morgan fingerprint density at radius 1 is 0.970 bits per heavy atom. The van der Waals surface area contributed by atoms with Crippen molar-refractivity contribution < 1.29 is 22.7 Å². The van der Waals surface area contributed by atoms with Gasteiger partial charge in [-0.15, -0.1) is 0 Å². The van der Waals surface area contributed by atoms with Gasteiger partial charge in [0.1, 0.15) is 6.54 Å². The van der Waals surface area contributed by atoms with Crippen molar-refractivity contribution in [1.82, 2.24) is 0 Å². The molecule has 0 heterocycles. The molecule has 10 heteroatoms. The predicted molar refractivity (Wildman–Crippen MR) is 129 cm³/mol. The monoisotopic (exact) mass is 506 g/mol. The molecular weight excluding hydrogens is 487 g/mol. The Morgan fingerprint density at radius 2 is 1.61 bits per heavy atom. The van der Waals surface area contributed by atoms with Gasteiger partial charge in [-0.3, -0.25) is 9.10 Å². The molecule has 0 aromatic heterocycles. The number of halogens is 2. The molecule has 0 aliphatic heterocycles. The lowest BCUT2D eigenvalue weighted by Gasteiger charge is -2.25. The number of hydrogen-bond acceptors (Lipinski definition) is 5. The van der Waals surface area contributed by atoms with Gasteiger partial charge < -0.3 is 10.1 Å². The minimum atomic E-state index is -4.15. The maximum atomic E-state index is 13.4. The smallest absolute Gasteiger partial charge is 0.337 e. The molecule has 0 saturated carbocycles. The fraction of sp³-hybridized carbons (Fsp3) is 0.130. The van der Waals surface area contributed by atoms with Crippen LogP contribution in [0, 0.1) is 6.92 Å². The van der Waals surface area contributed by atoms with Gasteiger partial charge >= 0.3 is 5.97 Å². The first-order chi connectivity index (χ1) is 15.6. The van der Waals surface area contributed by atoms with Crippen molar-refractivity contribution in [3.05, 3.63) is 87.9 Å². The fourth-order valence-corrected chi connectivity index (χ4v) is 4.84. The van der Waals surface area contributed by atoms with Crippen molar-refractivity contribution in [2.45, 2.75) is 11.8 Å². The first-order valence-corrected chi connectivity index (χ1v) is 11.8. The summed E-state index contributed by atoms with van der Waals surface area (Å²) in [6.07, 6.45) is 0. The lowest BCUT2D eigenvalue weighted by Crippen LogP contribution is -2.38. The number of carbonyl (C=O) groups is 2. The molecular formula is C23H20Cl2N2O5S. The largest absolute Gasteiger partial charge is 0.465 e. The maximum Gasteiger partial charge on any atom is 0.337 e. The highest BCUT2D eigenvalue weighted by Gasteiger charge is 2.29. The van der Waals surface area contributed by atoms with Crippen molar-refractivity contribution >= 4 is 56.5 Å². The summed E-state index contributed by atoms with van der Waals surface area (Å²) in [6.45, 7) is 1.27. The number of methoxy groups -OCH3 is 1. The second-order valence-electron chi connectivity index (χ2n) is 7.01. The summed E-state index contributed by atoms with van der Waals surface area (Å²) in [5.74, 6) is -1.13. The molecule has 3 aromatic rings. The topological polar surface area (TPSA) is 92.8 Å². The standard InChI is InChI=1S/C23H20Cl2N2O5S/c1-15-6-12-18(13-7-15)33(30,31)27(20-5-3-4-19(24)22(20)25)14-21(28)26-17-10-8-16(9-11-17)23(29)32-2/h3-13H,14H2,1-2H3,(H,26,28). The van der Waals surface area contributed by atoms with Crippen LogP contribution in [0.5, 0.6) is 0 Å². The van der Waals surface area contributed by atoms with E-state index in [1.807, 2.05) is 6.92 Å². The number of benzene rings is 3. The second kappa shape index (κ2) is 10.2. The highest BCUT2D eigenvalue weighted by atomic mass is 35.5. The van der Waals surface area contributed by atoms with E-state index < -0.39 is 28.4 Å². The minimum Gasteiger partial charge on any atom is -0.465 e. The lowest BCUT2D eigenvalue weighted by molar-refractivity contribution is -0.114. The van der Waals surface area contributed by atoms with Crippen molar-refractivity contribution in [2.75, 3.05) is 23.3 Å². The summed E-state index contributed by atoms with van der Waals surface area (Å²) in [5, 5.41) is 2.77. The Morgan fingerprint density at radius 3 is 2.21 bits per heavy atom. The lowest BCUT2D eigenvalue weighted by atomic mass is 10.2. The van der Waals surface area contributed by atoms with Crippen LogP contribution < -0.4 is 9.62 Å². The van der Waals surface area contributed by atoms with E-state index >= 15 is 0 Å². The number of sulfonamides is 1. The summed E-state index contributed by atoms with van der Waals surface area (Å²) in [6, 6.07) is 16.8. The van der Waals surface area contributed by atoms with Crippen molar-refractivity contribution in [3.8, 4) is 0 Å². The van der Waals surface area contributed by atoms with Gasteiger partial charge in [-0.1, -0.05) is 47.0 Å². The van der Waals surface area contributed by atoms with E-state index in [1.165, 1.54) is 55.6 Å². The Bertz CT molecular complexity index is 1280. The van der Waals surface area contributed by atoms with E-state index in [4.69, 9.17) is 23.2 Å². The van der Waals surface area contributed by atoms with E-state index in [2.05, 4.69) is 10.1 Å². The van der Waals surface area contributed by atoms with Gasteiger partial charge in [0.2, 0.25) is 5.91 Å². The van der Waals surface area contributed by atoms with Crippen LogP contribution in [0.2, 0.25) is 10.0 Å². The number of hydrogen-bond donors (Lipinski definition) is 1. The normalized spacial score (nSPS) is 11.0. The molecule has 0 radical (unpaired) electrons. The van der Waals surface area contributed by atoms with Crippen LogP contribution in [0.4, 0.5) is 11.4 Å². The van der Waals surface area contributed by atoms with E-state index in [9.17, 15) is 18.0 Å². The average molecular weight is 507 g/mol. The third-order valence-corrected chi connectivity index (χ3v) is 7.27. The van der Waals surface area contributed by atoms with Crippen LogP contribution in [0.3, 0.4) is 0 Å². The van der Waals surface area contributed by atoms with Gasteiger partial charge in [0.15, 0.2) is 0 Å². The number of anilines is 2. The van der Waals surface area contributed by atoms with Crippen LogP contribution in [-0.2, 0) is 19.6 Å². The molecule has 3 aromatic carbocycles. The van der Waals surface area contributed by atoms with Crippen LogP contribution in [0.25, 0.3) is 0 Å². The molecule has 0 fully saturated rings. The highest BCUT2D eigenvalue weighted by molar-refractivity contribution is 7.92. The van der Waals surface area contributed by atoms with Gasteiger partial charge in [0.05, 0.1) is 33.3 Å². The van der Waals surface area contributed by atoms with Gasteiger partial charge in [-0.2, -0.15) is 0 Å².